The number of rotatable bonds is 3. The third-order valence-electron chi connectivity index (χ3n) is 4.02. The highest BCUT2D eigenvalue weighted by Crippen LogP contribution is 2.33. The number of carboxylic acid groups (broad SMARTS) is 2. The first kappa shape index (κ1) is 15.7. The first-order valence-corrected chi connectivity index (χ1v) is 7.37. The highest BCUT2D eigenvalue weighted by atomic mass is 16.4. The fourth-order valence-corrected chi connectivity index (χ4v) is 3.01. The summed E-state index contributed by atoms with van der Waals surface area (Å²) in [6, 6.07) is 13.0. The number of carboxylic acids is 2. The lowest BCUT2D eigenvalue weighted by molar-refractivity contribution is 0.0695. The van der Waals surface area contributed by atoms with E-state index in [9.17, 15) is 19.8 Å². The van der Waals surface area contributed by atoms with Crippen molar-refractivity contribution in [3.8, 4) is 11.1 Å². The first-order valence-electron chi connectivity index (χ1n) is 7.37. The van der Waals surface area contributed by atoms with Gasteiger partial charge in [-0.3, -0.25) is 4.98 Å². The van der Waals surface area contributed by atoms with Crippen LogP contribution < -0.4 is 0 Å². The van der Waals surface area contributed by atoms with Crippen molar-refractivity contribution in [2.75, 3.05) is 0 Å². The van der Waals surface area contributed by atoms with Crippen molar-refractivity contribution in [1.82, 2.24) is 4.98 Å². The van der Waals surface area contributed by atoms with Gasteiger partial charge in [0.05, 0.1) is 22.5 Å². The molecule has 0 fully saturated rings. The van der Waals surface area contributed by atoms with Gasteiger partial charge in [-0.1, -0.05) is 36.4 Å². The number of aromatic nitrogens is 1. The predicted molar refractivity (Wildman–Crippen MR) is 90.6 cm³/mol. The summed E-state index contributed by atoms with van der Waals surface area (Å²) in [5.74, 6) is -2.38. The van der Waals surface area contributed by atoms with Gasteiger partial charge in [-0.2, -0.15) is 0 Å². The minimum Gasteiger partial charge on any atom is -0.478 e. The number of hydrogen-bond acceptors (Lipinski definition) is 3. The van der Waals surface area contributed by atoms with E-state index < -0.39 is 11.9 Å². The van der Waals surface area contributed by atoms with Crippen molar-refractivity contribution in [2.45, 2.75) is 13.8 Å². The standard InChI is InChI=1S/C19H15NO4/c1-10-15(18(21)22)17(16(19(23)24)11(2)20-10)14-8-7-12-5-3-4-6-13(12)9-14/h3-9H,1-2H3,(H,21,22)(H,23,24). The van der Waals surface area contributed by atoms with Gasteiger partial charge in [-0.15, -0.1) is 0 Å². The Balaban J connectivity index is 2.43. The maximum Gasteiger partial charge on any atom is 0.338 e. The van der Waals surface area contributed by atoms with Crippen molar-refractivity contribution < 1.29 is 19.8 Å². The molecule has 0 saturated carbocycles. The second kappa shape index (κ2) is 5.77. The normalized spacial score (nSPS) is 10.8. The van der Waals surface area contributed by atoms with Crippen LogP contribution in [0.1, 0.15) is 32.1 Å². The van der Waals surface area contributed by atoms with Crippen LogP contribution in [-0.4, -0.2) is 27.1 Å². The maximum absolute atomic E-state index is 11.7. The van der Waals surface area contributed by atoms with Crippen LogP contribution in [0.5, 0.6) is 0 Å². The topological polar surface area (TPSA) is 87.5 Å². The number of pyridine rings is 1. The molecule has 0 radical (unpaired) electrons. The van der Waals surface area contributed by atoms with Gasteiger partial charge in [-0.05, 0) is 36.2 Å². The number of nitrogens with zero attached hydrogens (tertiary/aromatic N) is 1. The largest absolute Gasteiger partial charge is 0.478 e. The lowest BCUT2D eigenvalue weighted by Gasteiger charge is -2.15. The molecule has 2 N–H and O–H groups in total. The van der Waals surface area contributed by atoms with Gasteiger partial charge >= 0.3 is 11.9 Å². The molecule has 0 unspecified atom stereocenters. The van der Waals surface area contributed by atoms with Crippen LogP contribution >= 0.6 is 0 Å². The van der Waals surface area contributed by atoms with Crippen LogP contribution in [0.15, 0.2) is 42.5 Å². The molecule has 24 heavy (non-hydrogen) atoms. The Hall–Kier alpha value is -3.21. The van der Waals surface area contributed by atoms with Gasteiger partial charge in [-0.25, -0.2) is 9.59 Å². The van der Waals surface area contributed by atoms with E-state index in [0.29, 0.717) is 17.0 Å². The Morgan fingerprint density at radius 3 is 1.92 bits per heavy atom. The summed E-state index contributed by atoms with van der Waals surface area (Å²) in [6.45, 7) is 3.15. The molecule has 0 amide bonds. The predicted octanol–water partition coefficient (Wildman–Crippen LogP) is 3.92. The first-order chi connectivity index (χ1) is 11.4. The van der Waals surface area contributed by atoms with Crippen molar-refractivity contribution in [3.63, 3.8) is 0 Å². The summed E-state index contributed by atoms with van der Waals surface area (Å²) in [5.41, 5.74) is 1.20. The zero-order valence-corrected chi connectivity index (χ0v) is 13.2. The monoisotopic (exact) mass is 321 g/mol. The van der Waals surface area contributed by atoms with E-state index in [2.05, 4.69) is 4.98 Å². The molecular weight excluding hydrogens is 306 g/mol. The van der Waals surface area contributed by atoms with E-state index in [0.717, 1.165) is 10.8 Å². The average Bonchev–Trinajstić information content (AvgIpc) is 2.52. The molecule has 3 aromatic rings. The maximum atomic E-state index is 11.7. The summed E-state index contributed by atoms with van der Waals surface area (Å²) in [6.07, 6.45) is 0. The molecule has 0 spiro atoms. The molecule has 0 bridgehead atoms. The van der Waals surface area contributed by atoms with E-state index in [1.807, 2.05) is 36.4 Å². The number of carbonyl (C=O) groups is 2. The molecule has 3 rings (SSSR count). The highest BCUT2D eigenvalue weighted by molar-refractivity contribution is 6.07. The number of hydrogen-bond donors (Lipinski definition) is 2. The third kappa shape index (κ3) is 2.50. The zero-order valence-electron chi connectivity index (χ0n) is 13.2. The van der Waals surface area contributed by atoms with E-state index in [-0.39, 0.29) is 16.7 Å². The van der Waals surface area contributed by atoms with Gasteiger partial charge < -0.3 is 10.2 Å². The molecule has 0 aliphatic carbocycles. The molecular formula is C19H15NO4. The van der Waals surface area contributed by atoms with Gasteiger partial charge in [0.15, 0.2) is 0 Å². The quantitative estimate of drug-likeness (QED) is 0.763. The summed E-state index contributed by atoms with van der Waals surface area (Å²) < 4.78 is 0. The fourth-order valence-electron chi connectivity index (χ4n) is 3.01. The molecule has 1 heterocycles. The Bertz CT molecular complexity index is 954. The van der Waals surface area contributed by atoms with Crippen LogP contribution in [0.4, 0.5) is 0 Å². The van der Waals surface area contributed by atoms with Crippen molar-refractivity contribution in [2.24, 2.45) is 0 Å². The van der Waals surface area contributed by atoms with E-state index in [4.69, 9.17) is 0 Å². The number of aromatic carboxylic acids is 2. The number of aryl methyl sites for hydroxylation is 2. The van der Waals surface area contributed by atoms with Gasteiger partial charge in [0.1, 0.15) is 0 Å². The van der Waals surface area contributed by atoms with E-state index >= 15 is 0 Å². The molecule has 5 heteroatoms. The van der Waals surface area contributed by atoms with Crippen LogP contribution in [0.2, 0.25) is 0 Å². The minimum atomic E-state index is -1.19. The minimum absolute atomic E-state index is 0.0757. The summed E-state index contributed by atoms with van der Waals surface area (Å²) in [7, 11) is 0. The van der Waals surface area contributed by atoms with Crippen LogP contribution in [0.3, 0.4) is 0 Å². The molecule has 0 aliphatic heterocycles. The molecule has 5 nitrogen and oxygen atoms in total. The summed E-state index contributed by atoms with van der Waals surface area (Å²) in [4.78, 5) is 27.6. The Kier molecular flexibility index (Phi) is 3.77. The van der Waals surface area contributed by atoms with E-state index in [1.54, 1.807) is 19.9 Å². The van der Waals surface area contributed by atoms with Crippen LogP contribution in [0, 0.1) is 13.8 Å². The average molecular weight is 321 g/mol. The van der Waals surface area contributed by atoms with Crippen LogP contribution in [0.25, 0.3) is 21.9 Å². The zero-order chi connectivity index (χ0) is 17.4. The molecule has 0 atom stereocenters. The molecule has 120 valence electrons. The summed E-state index contributed by atoms with van der Waals surface area (Å²) >= 11 is 0. The van der Waals surface area contributed by atoms with Crippen molar-refractivity contribution in [1.29, 1.82) is 0 Å². The molecule has 1 aromatic heterocycles. The number of benzene rings is 2. The van der Waals surface area contributed by atoms with Gasteiger partial charge in [0, 0.05) is 5.56 Å². The lowest BCUT2D eigenvalue weighted by Crippen LogP contribution is -2.13. The van der Waals surface area contributed by atoms with Gasteiger partial charge in [0.25, 0.3) is 0 Å². The van der Waals surface area contributed by atoms with Crippen molar-refractivity contribution >= 4 is 22.7 Å². The molecule has 0 aliphatic rings. The number of fused-ring (bicyclic) bond motifs is 1. The third-order valence-corrected chi connectivity index (χ3v) is 4.02. The highest BCUT2D eigenvalue weighted by Gasteiger charge is 2.25. The Labute approximate surface area is 138 Å². The Morgan fingerprint density at radius 1 is 0.833 bits per heavy atom. The molecule has 2 aromatic carbocycles. The molecule has 0 saturated heterocycles. The SMILES string of the molecule is Cc1nc(C)c(C(=O)O)c(-c2ccc3ccccc3c2)c1C(=O)O. The Morgan fingerprint density at radius 2 is 1.38 bits per heavy atom. The second-order valence-corrected chi connectivity index (χ2v) is 5.58. The smallest absolute Gasteiger partial charge is 0.338 e. The second-order valence-electron chi connectivity index (χ2n) is 5.58. The summed E-state index contributed by atoms with van der Waals surface area (Å²) in [5, 5.41) is 21.1. The van der Waals surface area contributed by atoms with Gasteiger partial charge in [0.2, 0.25) is 0 Å². The van der Waals surface area contributed by atoms with Crippen molar-refractivity contribution in [3.05, 3.63) is 65.0 Å². The fraction of sp³-hybridized carbons (Fsp3) is 0.105. The lowest BCUT2D eigenvalue weighted by atomic mass is 9.91. The van der Waals surface area contributed by atoms with E-state index in [1.165, 1.54) is 0 Å². The van der Waals surface area contributed by atoms with Crippen LogP contribution in [-0.2, 0) is 0 Å².